The van der Waals surface area contributed by atoms with Gasteiger partial charge in [0.1, 0.15) is 17.1 Å². The van der Waals surface area contributed by atoms with Crippen LogP contribution in [0.1, 0.15) is 20.8 Å². The largest absolute Gasteiger partial charge is 0.496 e. The number of fused-ring (bicyclic) bond motifs is 1. The third kappa shape index (κ3) is 5.12. The molecular formula is C28H31N4O5+. The van der Waals surface area contributed by atoms with Gasteiger partial charge in [0, 0.05) is 5.39 Å². The molecule has 0 fully saturated rings. The van der Waals surface area contributed by atoms with Gasteiger partial charge in [-0.3, -0.25) is 4.79 Å². The first-order chi connectivity index (χ1) is 17.7. The van der Waals surface area contributed by atoms with Crippen molar-refractivity contribution in [3.63, 3.8) is 0 Å². The summed E-state index contributed by atoms with van der Waals surface area (Å²) in [7, 11) is 9.06. The lowest BCUT2D eigenvalue weighted by Crippen LogP contribution is -2.42. The Balaban J connectivity index is 2.06. The predicted molar refractivity (Wildman–Crippen MR) is 142 cm³/mol. The van der Waals surface area contributed by atoms with Crippen LogP contribution >= 0.6 is 0 Å². The van der Waals surface area contributed by atoms with Crippen molar-refractivity contribution >= 4 is 22.6 Å². The number of quaternary nitrogens is 1. The molecule has 1 heterocycles. The van der Waals surface area contributed by atoms with Crippen molar-refractivity contribution < 1.29 is 28.7 Å². The van der Waals surface area contributed by atoms with E-state index in [1.165, 1.54) is 18.9 Å². The second kappa shape index (κ2) is 10.3. The molecule has 0 radical (unpaired) electrons. The summed E-state index contributed by atoms with van der Waals surface area (Å²) in [6.45, 7) is 1.00. The van der Waals surface area contributed by atoms with E-state index in [0.29, 0.717) is 40.3 Å². The van der Waals surface area contributed by atoms with Gasteiger partial charge in [-0.05, 0) is 23.6 Å². The number of amides is 1. The van der Waals surface area contributed by atoms with Crippen molar-refractivity contribution in [2.45, 2.75) is 0 Å². The SMILES string of the molecule is COc1cccc(OC)c1-c1c(C(=O)NCC[N+](C)(C)C)c(C(=O)O)nn1-c1cccc2ccccc12. The first kappa shape index (κ1) is 25.7. The average Bonchev–Trinajstić information content (AvgIpc) is 3.27. The average molecular weight is 504 g/mol. The Bertz CT molecular complexity index is 1440. The molecule has 0 atom stereocenters. The van der Waals surface area contributed by atoms with Crippen LogP contribution in [-0.2, 0) is 0 Å². The summed E-state index contributed by atoms with van der Waals surface area (Å²) in [6, 6.07) is 18.6. The summed E-state index contributed by atoms with van der Waals surface area (Å²) >= 11 is 0. The van der Waals surface area contributed by atoms with Crippen LogP contribution in [0.15, 0.2) is 60.7 Å². The number of carboxylic acids is 1. The second-order valence-corrected chi connectivity index (χ2v) is 9.59. The Labute approximate surface area is 215 Å². The number of nitrogens with zero attached hydrogens (tertiary/aromatic N) is 3. The van der Waals surface area contributed by atoms with Crippen LogP contribution in [0, 0.1) is 0 Å². The van der Waals surface area contributed by atoms with Crippen molar-refractivity contribution in [3.8, 4) is 28.4 Å². The molecule has 0 aliphatic heterocycles. The van der Waals surface area contributed by atoms with E-state index in [4.69, 9.17) is 9.47 Å². The number of methoxy groups -OCH3 is 2. The van der Waals surface area contributed by atoms with E-state index in [2.05, 4.69) is 10.4 Å². The number of ether oxygens (including phenoxy) is 2. The van der Waals surface area contributed by atoms with Gasteiger partial charge in [0.15, 0.2) is 5.69 Å². The minimum absolute atomic E-state index is 0.0651. The fourth-order valence-corrected chi connectivity index (χ4v) is 4.26. The zero-order valence-electron chi connectivity index (χ0n) is 21.6. The van der Waals surface area contributed by atoms with Crippen molar-refractivity contribution in [2.24, 2.45) is 0 Å². The second-order valence-electron chi connectivity index (χ2n) is 9.59. The minimum Gasteiger partial charge on any atom is -0.496 e. The number of benzene rings is 3. The van der Waals surface area contributed by atoms with E-state index >= 15 is 0 Å². The lowest BCUT2D eigenvalue weighted by atomic mass is 10.0. The van der Waals surface area contributed by atoms with Gasteiger partial charge in [0.05, 0.1) is 65.4 Å². The van der Waals surface area contributed by atoms with Crippen molar-refractivity contribution in [1.29, 1.82) is 0 Å². The Morgan fingerprint density at radius 1 is 0.946 bits per heavy atom. The number of likely N-dealkylation sites (N-methyl/N-ethyl adjacent to an activating group) is 1. The molecule has 0 saturated carbocycles. The molecule has 9 nitrogen and oxygen atoms in total. The number of hydrogen-bond acceptors (Lipinski definition) is 5. The molecule has 9 heteroatoms. The Morgan fingerprint density at radius 2 is 1.57 bits per heavy atom. The van der Waals surface area contributed by atoms with E-state index in [1.807, 2.05) is 63.6 Å². The number of aromatic nitrogens is 2. The summed E-state index contributed by atoms with van der Waals surface area (Å²) in [5.74, 6) is -1.03. The third-order valence-electron chi connectivity index (χ3n) is 6.04. The van der Waals surface area contributed by atoms with Gasteiger partial charge in [-0.25, -0.2) is 9.48 Å². The molecule has 0 aliphatic rings. The van der Waals surface area contributed by atoms with Crippen molar-refractivity contribution in [3.05, 3.63) is 71.9 Å². The molecule has 4 aromatic rings. The zero-order chi connectivity index (χ0) is 26.7. The molecule has 192 valence electrons. The maximum absolute atomic E-state index is 13.6. The smallest absolute Gasteiger partial charge is 0.357 e. The lowest BCUT2D eigenvalue weighted by Gasteiger charge is -2.23. The first-order valence-electron chi connectivity index (χ1n) is 11.8. The molecule has 0 saturated heterocycles. The highest BCUT2D eigenvalue weighted by Crippen LogP contribution is 2.42. The number of carbonyl (C=O) groups is 2. The molecular weight excluding hydrogens is 472 g/mol. The van der Waals surface area contributed by atoms with Gasteiger partial charge in [0.25, 0.3) is 5.91 Å². The molecule has 1 aromatic heterocycles. The highest BCUT2D eigenvalue weighted by molar-refractivity contribution is 6.09. The fraction of sp³-hybridized carbons (Fsp3) is 0.250. The van der Waals surface area contributed by atoms with Gasteiger partial charge in [-0.2, -0.15) is 5.10 Å². The number of rotatable bonds is 9. The molecule has 0 spiro atoms. The summed E-state index contributed by atoms with van der Waals surface area (Å²) in [5, 5.41) is 19.3. The number of carbonyl (C=O) groups excluding carboxylic acids is 1. The zero-order valence-corrected chi connectivity index (χ0v) is 21.6. The monoisotopic (exact) mass is 503 g/mol. The maximum Gasteiger partial charge on any atom is 0.357 e. The van der Waals surface area contributed by atoms with Crippen LogP contribution in [0.2, 0.25) is 0 Å². The molecule has 4 rings (SSSR count). The van der Waals surface area contributed by atoms with E-state index in [-0.39, 0.29) is 17.0 Å². The first-order valence-corrected chi connectivity index (χ1v) is 11.8. The summed E-state index contributed by atoms with van der Waals surface area (Å²) in [4.78, 5) is 26.1. The molecule has 37 heavy (non-hydrogen) atoms. The molecule has 2 N–H and O–H groups in total. The van der Waals surface area contributed by atoms with E-state index < -0.39 is 11.9 Å². The van der Waals surface area contributed by atoms with Crippen molar-refractivity contribution in [1.82, 2.24) is 15.1 Å². The minimum atomic E-state index is -1.31. The molecule has 0 unspecified atom stereocenters. The number of nitrogens with one attached hydrogen (secondary N) is 1. The van der Waals surface area contributed by atoms with Gasteiger partial charge in [-0.15, -0.1) is 0 Å². The van der Waals surface area contributed by atoms with E-state index in [1.54, 1.807) is 18.2 Å². The summed E-state index contributed by atoms with van der Waals surface area (Å²) in [6.07, 6.45) is 0. The summed E-state index contributed by atoms with van der Waals surface area (Å²) in [5.41, 5.74) is 0.889. The van der Waals surface area contributed by atoms with Gasteiger partial charge in [-0.1, -0.05) is 42.5 Å². The Morgan fingerprint density at radius 3 is 2.19 bits per heavy atom. The van der Waals surface area contributed by atoms with Gasteiger partial charge >= 0.3 is 5.97 Å². The maximum atomic E-state index is 13.6. The normalized spacial score (nSPS) is 11.4. The Kier molecular flexibility index (Phi) is 7.17. The summed E-state index contributed by atoms with van der Waals surface area (Å²) < 4.78 is 13.4. The van der Waals surface area contributed by atoms with Crippen molar-refractivity contribution in [2.75, 3.05) is 48.5 Å². The molecule has 0 aliphatic carbocycles. The van der Waals surface area contributed by atoms with Gasteiger partial charge in [0.2, 0.25) is 0 Å². The highest BCUT2D eigenvalue weighted by atomic mass is 16.5. The standard InChI is InChI=1S/C28H30N4O5/c1-32(2,3)17-16-29-27(33)24-25(28(34)35)30-31(20-13-8-11-18-10-6-7-12-19(18)20)26(24)23-21(36-4)14-9-15-22(23)37-5/h6-15H,16-17H2,1-5H3,(H-,29,33,34,35)/p+1. The predicted octanol–water partition coefficient (Wildman–Crippen LogP) is 3.84. The number of carboxylic acid groups (broad SMARTS) is 1. The van der Waals surface area contributed by atoms with E-state index in [9.17, 15) is 14.7 Å². The topological polar surface area (TPSA) is 103 Å². The van der Waals surface area contributed by atoms with Crippen LogP contribution < -0.4 is 14.8 Å². The van der Waals surface area contributed by atoms with Crippen LogP contribution in [0.4, 0.5) is 0 Å². The van der Waals surface area contributed by atoms with Crippen LogP contribution in [0.5, 0.6) is 11.5 Å². The third-order valence-corrected chi connectivity index (χ3v) is 6.04. The van der Waals surface area contributed by atoms with Crippen LogP contribution in [-0.4, -0.2) is 79.7 Å². The molecule has 3 aromatic carbocycles. The fourth-order valence-electron chi connectivity index (χ4n) is 4.26. The molecule has 1 amide bonds. The quantitative estimate of drug-likeness (QED) is 0.337. The van der Waals surface area contributed by atoms with Gasteiger partial charge < -0.3 is 24.4 Å². The lowest BCUT2D eigenvalue weighted by molar-refractivity contribution is -0.869. The highest BCUT2D eigenvalue weighted by Gasteiger charge is 2.33. The van der Waals surface area contributed by atoms with Crippen LogP contribution in [0.3, 0.4) is 0 Å². The molecule has 0 bridgehead atoms. The van der Waals surface area contributed by atoms with Crippen LogP contribution in [0.25, 0.3) is 27.7 Å². The number of aromatic carboxylic acids is 1. The number of hydrogen-bond donors (Lipinski definition) is 2. The van der Waals surface area contributed by atoms with E-state index in [0.717, 1.165) is 10.8 Å². The Hall–Kier alpha value is -4.37.